The molecule has 0 aliphatic carbocycles. The van der Waals surface area contributed by atoms with Crippen LogP contribution in [0.5, 0.6) is 5.75 Å². The van der Waals surface area contributed by atoms with Gasteiger partial charge in [0, 0.05) is 16.3 Å². The van der Waals surface area contributed by atoms with E-state index >= 15 is 0 Å². The maximum absolute atomic E-state index is 13.0. The van der Waals surface area contributed by atoms with Gasteiger partial charge in [0.05, 0.1) is 12.0 Å². The number of methoxy groups -OCH3 is 1. The smallest absolute Gasteiger partial charge is 0.261 e. The molecule has 9 heteroatoms. The second-order valence-electron chi connectivity index (χ2n) is 6.35. The average molecular weight is 423 g/mol. The molecule has 2 aromatic rings. The van der Waals surface area contributed by atoms with Gasteiger partial charge >= 0.3 is 0 Å². The van der Waals surface area contributed by atoms with Crippen molar-refractivity contribution < 1.29 is 23.2 Å². The molecule has 1 heterocycles. The minimum atomic E-state index is -3.83. The number of amides is 1. The summed E-state index contributed by atoms with van der Waals surface area (Å²) in [5.74, 6) is 0.0729. The van der Waals surface area contributed by atoms with E-state index in [0.717, 1.165) is 22.0 Å². The SMILES string of the molecule is COc1ccc(Sc2ccc(S(=O)(=O)N3CCCCC3C(=O)NO)cc2)cc1. The number of hydrogen-bond donors (Lipinski definition) is 2. The molecule has 0 spiro atoms. The van der Waals surface area contributed by atoms with Crippen LogP contribution in [0.3, 0.4) is 0 Å². The summed E-state index contributed by atoms with van der Waals surface area (Å²) in [6, 6.07) is 13.3. The van der Waals surface area contributed by atoms with Gasteiger partial charge in [-0.3, -0.25) is 10.0 Å². The van der Waals surface area contributed by atoms with Crippen molar-refractivity contribution in [3.8, 4) is 5.75 Å². The van der Waals surface area contributed by atoms with Crippen molar-refractivity contribution >= 4 is 27.7 Å². The molecule has 2 N–H and O–H groups in total. The van der Waals surface area contributed by atoms with Crippen LogP contribution in [-0.2, 0) is 14.8 Å². The molecule has 1 amide bonds. The van der Waals surface area contributed by atoms with Crippen LogP contribution in [0.1, 0.15) is 19.3 Å². The Kier molecular flexibility index (Phi) is 6.61. The van der Waals surface area contributed by atoms with Crippen molar-refractivity contribution in [3.63, 3.8) is 0 Å². The van der Waals surface area contributed by atoms with Crippen molar-refractivity contribution in [1.29, 1.82) is 0 Å². The lowest BCUT2D eigenvalue weighted by molar-refractivity contribution is -0.134. The van der Waals surface area contributed by atoms with Crippen LogP contribution >= 0.6 is 11.8 Å². The Balaban J connectivity index is 1.78. The van der Waals surface area contributed by atoms with E-state index in [1.165, 1.54) is 16.1 Å². The summed E-state index contributed by atoms with van der Waals surface area (Å²) in [7, 11) is -2.22. The molecule has 0 radical (unpaired) electrons. The summed E-state index contributed by atoms with van der Waals surface area (Å²) in [4.78, 5) is 13.9. The lowest BCUT2D eigenvalue weighted by Gasteiger charge is -2.33. The first-order valence-electron chi connectivity index (χ1n) is 8.83. The van der Waals surface area contributed by atoms with Gasteiger partial charge in [-0.15, -0.1) is 0 Å². The van der Waals surface area contributed by atoms with Gasteiger partial charge in [-0.25, -0.2) is 13.9 Å². The van der Waals surface area contributed by atoms with E-state index in [1.54, 1.807) is 36.9 Å². The second-order valence-corrected chi connectivity index (χ2v) is 9.39. The highest BCUT2D eigenvalue weighted by atomic mass is 32.2. The Morgan fingerprint density at radius 1 is 1.11 bits per heavy atom. The number of hydroxylamine groups is 1. The topological polar surface area (TPSA) is 95.9 Å². The van der Waals surface area contributed by atoms with Crippen molar-refractivity contribution in [3.05, 3.63) is 48.5 Å². The number of carbonyl (C=O) groups is 1. The molecule has 0 aromatic heterocycles. The number of sulfonamides is 1. The standard InChI is InChI=1S/C19H22N2O5S2/c1-26-14-5-7-15(8-6-14)27-16-9-11-17(12-10-16)28(24,25)21-13-3-2-4-18(21)19(22)20-23/h5-12,18,23H,2-4,13H2,1H3,(H,20,22). The lowest BCUT2D eigenvalue weighted by Crippen LogP contribution is -2.51. The van der Waals surface area contributed by atoms with E-state index in [2.05, 4.69) is 0 Å². The number of hydrogen-bond acceptors (Lipinski definition) is 6. The molecule has 1 fully saturated rings. The molecule has 1 atom stereocenters. The summed E-state index contributed by atoms with van der Waals surface area (Å²) in [6.07, 6.45) is 1.80. The summed E-state index contributed by atoms with van der Waals surface area (Å²) < 4.78 is 32.3. The molecule has 0 saturated carbocycles. The van der Waals surface area contributed by atoms with E-state index in [1.807, 2.05) is 24.3 Å². The zero-order valence-electron chi connectivity index (χ0n) is 15.4. The fraction of sp³-hybridized carbons (Fsp3) is 0.316. The van der Waals surface area contributed by atoms with Gasteiger partial charge in [-0.1, -0.05) is 18.2 Å². The van der Waals surface area contributed by atoms with E-state index in [9.17, 15) is 13.2 Å². The van der Waals surface area contributed by atoms with Gasteiger partial charge in [0.25, 0.3) is 5.91 Å². The van der Waals surface area contributed by atoms with Crippen molar-refractivity contribution in [1.82, 2.24) is 9.79 Å². The number of nitrogens with one attached hydrogen (secondary N) is 1. The summed E-state index contributed by atoms with van der Waals surface area (Å²) in [5.41, 5.74) is 1.58. The Labute approximate surface area is 168 Å². The van der Waals surface area contributed by atoms with E-state index in [0.29, 0.717) is 12.8 Å². The molecule has 1 unspecified atom stereocenters. The number of nitrogens with zero attached hydrogens (tertiary/aromatic N) is 1. The maximum Gasteiger partial charge on any atom is 0.261 e. The molecular weight excluding hydrogens is 400 g/mol. The number of ether oxygens (including phenoxy) is 1. The van der Waals surface area contributed by atoms with Crippen LogP contribution in [0.2, 0.25) is 0 Å². The zero-order valence-corrected chi connectivity index (χ0v) is 17.0. The van der Waals surface area contributed by atoms with Crippen molar-refractivity contribution in [2.75, 3.05) is 13.7 Å². The van der Waals surface area contributed by atoms with Gasteiger partial charge in [-0.2, -0.15) is 4.31 Å². The van der Waals surface area contributed by atoms with Gasteiger partial charge in [0.15, 0.2) is 0 Å². The fourth-order valence-corrected chi connectivity index (χ4v) is 5.60. The summed E-state index contributed by atoms with van der Waals surface area (Å²) in [6.45, 7) is 0.253. The number of rotatable bonds is 6. The maximum atomic E-state index is 13.0. The van der Waals surface area contributed by atoms with Crippen LogP contribution in [0.4, 0.5) is 0 Å². The van der Waals surface area contributed by atoms with Crippen LogP contribution in [0.25, 0.3) is 0 Å². The van der Waals surface area contributed by atoms with E-state index in [-0.39, 0.29) is 11.4 Å². The summed E-state index contributed by atoms with van der Waals surface area (Å²) in [5, 5.41) is 8.92. The van der Waals surface area contributed by atoms with Crippen LogP contribution in [-0.4, -0.2) is 43.5 Å². The fourth-order valence-electron chi connectivity index (χ4n) is 3.12. The van der Waals surface area contributed by atoms with Gasteiger partial charge in [0.2, 0.25) is 10.0 Å². The van der Waals surface area contributed by atoms with E-state index < -0.39 is 22.0 Å². The number of carbonyl (C=O) groups excluding carboxylic acids is 1. The molecule has 150 valence electrons. The van der Waals surface area contributed by atoms with Gasteiger partial charge < -0.3 is 4.74 Å². The second kappa shape index (κ2) is 8.95. The van der Waals surface area contributed by atoms with Crippen molar-refractivity contribution in [2.45, 2.75) is 40.0 Å². The first kappa shape index (κ1) is 20.7. The minimum Gasteiger partial charge on any atom is -0.497 e. The largest absolute Gasteiger partial charge is 0.497 e. The monoisotopic (exact) mass is 422 g/mol. The molecule has 28 heavy (non-hydrogen) atoms. The number of benzene rings is 2. The lowest BCUT2D eigenvalue weighted by atomic mass is 10.0. The Morgan fingerprint density at radius 2 is 1.71 bits per heavy atom. The minimum absolute atomic E-state index is 0.129. The molecule has 1 aliphatic rings. The highest BCUT2D eigenvalue weighted by molar-refractivity contribution is 7.99. The first-order valence-corrected chi connectivity index (χ1v) is 11.1. The molecule has 0 bridgehead atoms. The quantitative estimate of drug-likeness (QED) is 0.549. The third kappa shape index (κ3) is 4.49. The Morgan fingerprint density at radius 3 is 2.29 bits per heavy atom. The molecule has 2 aromatic carbocycles. The summed E-state index contributed by atoms with van der Waals surface area (Å²) >= 11 is 1.51. The highest BCUT2D eigenvalue weighted by Gasteiger charge is 2.37. The predicted molar refractivity (Wildman–Crippen MR) is 105 cm³/mol. The van der Waals surface area contributed by atoms with Crippen molar-refractivity contribution in [2.24, 2.45) is 0 Å². The zero-order chi connectivity index (χ0) is 20.1. The third-order valence-electron chi connectivity index (χ3n) is 4.59. The van der Waals surface area contributed by atoms with E-state index in [4.69, 9.17) is 9.94 Å². The molecule has 7 nitrogen and oxygen atoms in total. The highest BCUT2D eigenvalue weighted by Crippen LogP contribution is 2.31. The van der Waals surface area contributed by atoms with Gasteiger partial charge in [-0.05, 0) is 61.4 Å². The third-order valence-corrected chi connectivity index (χ3v) is 7.53. The average Bonchev–Trinajstić information content (AvgIpc) is 2.74. The van der Waals surface area contributed by atoms with Gasteiger partial charge in [0.1, 0.15) is 11.8 Å². The molecule has 1 saturated heterocycles. The predicted octanol–water partition coefficient (Wildman–Crippen LogP) is 2.90. The Hall–Kier alpha value is -2.07. The molecular formula is C19H22N2O5S2. The Bertz CT molecular complexity index is 914. The van der Waals surface area contributed by atoms with Crippen LogP contribution < -0.4 is 10.2 Å². The number of piperidine rings is 1. The van der Waals surface area contributed by atoms with Crippen LogP contribution in [0, 0.1) is 0 Å². The normalized spacial score (nSPS) is 17.9. The van der Waals surface area contributed by atoms with Crippen LogP contribution in [0.15, 0.2) is 63.2 Å². The molecule has 1 aliphatic heterocycles. The first-order chi connectivity index (χ1) is 13.5. The molecule has 3 rings (SSSR count).